The molecule has 0 aromatic heterocycles. The number of nitrogens with zero attached hydrogens (tertiary/aromatic N) is 1. The van der Waals surface area contributed by atoms with E-state index >= 15 is 0 Å². The van der Waals surface area contributed by atoms with Gasteiger partial charge in [-0.15, -0.1) is 0 Å². The highest BCUT2D eigenvalue weighted by atomic mass is 19.1. The Morgan fingerprint density at radius 3 is 2.76 bits per heavy atom. The highest BCUT2D eigenvalue weighted by Gasteiger charge is 2.57. The fourth-order valence-electron chi connectivity index (χ4n) is 5.23. The number of likely N-dealkylation sites (tertiary alicyclic amines) is 1. The molecule has 1 saturated heterocycles. The van der Waals surface area contributed by atoms with Crippen LogP contribution in [-0.4, -0.2) is 55.1 Å². The highest BCUT2D eigenvalue weighted by molar-refractivity contribution is 5.58. The van der Waals surface area contributed by atoms with Gasteiger partial charge in [-0.25, -0.2) is 4.39 Å². The summed E-state index contributed by atoms with van der Waals surface area (Å²) in [6.07, 6.45) is 2.89. The van der Waals surface area contributed by atoms with E-state index in [1.807, 2.05) is 13.1 Å². The molecule has 0 amide bonds. The van der Waals surface area contributed by atoms with Gasteiger partial charge in [-0.1, -0.05) is 0 Å². The predicted molar refractivity (Wildman–Crippen MR) is 90.2 cm³/mol. The van der Waals surface area contributed by atoms with Gasteiger partial charge < -0.3 is 24.6 Å². The van der Waals surface area contributed by atoms with Gasteiger partial charge in [0, 0.05) is 29.0 Å². The molecule has 2 bridgehead atoms. The van der Waals surface area contributed by atoms with E-state index in [4.69, 9.17) is 9.47 Å². The summed E-state index contributed by atoms with van der Waals surface area (Å²) in [4.78, 5) is 2.24. The number of hydrogen-bond donors (Lipinski definition) is 2. The molecule has 6 heteroatoms. The summed E-state index contributed by atoms with van der Waals surface area (Å²) in [5, 5.41) is 21.4. The summed E-state index contributed by atoms with van der Waals surface area (Å²) >= 11 is 0. The standard InChI is InChI=1S/C19H24FNO4/c1-21-5-4-19-9-14(22)15(24-2)7-11(19)13(21)6-10-12(20)8-16(25-3)18(23)17(10)19/h7-8,11,13-14,22-23H,4-6,9H2,1-3H3/t11?,13-,14-,19+/m0/s1. The van der Waals surface area contributed by atoms with Crippen LogP contribution >= 0.6 is 0 Å². The summed E-state index contributed by atoms with van der Waals surface area (Å²) in [6, 6.07) is 1.37. The number of benzene rings is 1. The lowest BCUT2D eigenvalue weighted by Crippen LogP contribution is -2.60. The lowest BCUT2D eigenvalue weighted by atomic mass is 9.53. The van der Waals surface area contributed by atoms with E-state index in [0.717, 1.165) is 13.0 Å². The number of hydrogen-bond acceptors (Lipinski definition) is 5. The molecule has 25 heavy (non-hydrogen) atoms. The number of methoxy groups -OCH3 is 2. The molecule has 1 aromatic rings. The molecular weight excluding hydrogens is 325 g/mol. The number of phenolic OH excluding ortho intramolecular Hbond substituents is 1. The van der Waals surface area contributed by atoms with E-state index in [9.17, 15) is 14.6 Å². The van der Waals surface area contributed by atoms with E-state index < -0.39 is 11.5 Å². The Morgan fingerprint density at radius 2 is 2.08 bits per heavy atom. The summed E-state index contributed by atoms with van der Waals surface area (Å²) < 4.78 is 25.4. The number of phenols is 1. The lowest BCUT2D eigenvalue weighted by Gasteiger charge is -2.57. The van der Waals surface area contributed by atoms with Crippen LogP contribution < -0.4 is 4.74 Å². The Labute approximate surface area is 146 Å². The minimum atomic E-state index is -0.759. The van der Waals surface area contributed by atoms with Crippen molar-refractivity contribution in [3.8, 4) is 11.5 Å². The maximum absolute atomic E-state index is 14.8. The monoisotopic (exact) mass is 349 g/mol. The number of piperidine rings is 1. The summed E-state index contributed by atoms with van der Waals surface area (Å²) in [5.74, 6) is 0.423. The molecule has 4 rings (SSSR count). The quantitative estimate of drug-likeness (QED) is 0.855. The van der Waals surface area contributed by atoms with E-state index in [0.29, 0.717) is 29.7 Å². The maximum Gasteiger partial charge on any atom is 0.163 e. The first-order valence-electron chi connectivity index (χ1n) is 8.65. The fourth-order valence-corrected chi connectivity index (χ4v) is 5.23. The molecule has 1 heterocycles. The van der Waals surface area contributed by atoms with Crippen LogP contribution in [0.1, 0.15) is 24.0 Å². The number of halogens is 1. The molecule has 2 N–H and O–H groups in total. The van der Waals surface area contributed by atoms with Crippen LogP contribution in [0.5, 0.6) is 11.5 Å². The van der Waals surface area contributed by atoms with Crippen molar-refractivity contribution in [2.24, 2.45) is 5.92 Å². The molecule has 4 atom stereocenters. The Morgan fingerprint density at radius 1 is 1.32 bits per heavy atom. The second-order valence-electron chi connectivity index (χ2n) is 7.44. The summed E-state index contributed by atoms with van der Waals surface area (Å²) in [7, 11) is 5.03. The number of aliphatic hydroxyl groups is 1. The molecular formula is C19H24FNO4. The summed E-state index contributed by atoms with van der Waals surface area (Å²) in [5.41, 5.74) is 0.655. The van der Waals surface area contributed by atoms with Crippen molar-refractivity contribution in [1.29, 1.82) is 0 Å². The van der Waals surface area contributed by atoms with E-state index in [1.54, 1.807) is 7.11 Å². The minimum Gasteiger partial charge on any atom is -0.504 e. The van der Waals surface area contributed by atoms with E-state index in [1.165, 1.54) is 13.2 Å². The largest absolute Gasteiger partial charge is 0.504 e. The number of fused-ring (bicyclic) bond motifs is 1. The first-order valence-corrected chi connectivity index (χ1v) is 8.65. The van der Waals surface area contributed by atoms with Gasteiger partial charge in [0.15, 0.2) is 11.5 Å². The van der Waals surface area contributed by atoms with Gasteiger partial charge in [0.2, 0.25) is 0 Å². The molecule has 1 aromatic carbocycles. The van der Waals surface area contributed by atoms with Crippen LogP contribution in [0.3, 0.4) is 0 Å². The smallest absolute Gasteiger partial charge is 0.163 e. The average Bonchev–Trinajstić information content (AvgIpc) is 2.59. The van der Waals surface area contributed by atoms with E-state index in [-0.39, 0.29) is 29.3 Å². The first kappa shape index (κ1) is 16.7. The Bertz CT molecular complexity index is 749. The van der Waals surface area contributed by atoms with Crippen molar-refractivity contribution < 1.29 is 24.1 Å². The molecule has 1 fully saturated rings. The van der Waals surface area contributed by atoms with Crippen molar-refractivity contribution in [3.63, 3.8) is 0 Å². The molecule has 5 nitrogen and oxygen atoms in total. The Balaban J connectivity index is 1.99. The molecule has 0 spiro atoms. The maximum atomic E-state index is 14.8. The number of ether oxygens (including phenoxy) is 2. The average molecular weight is 349 g/mol. The highest BCUT2D eigenvalue weighted by Crippen LogP contribution is 2.58. The third kappa shape index (κ3) is 2.13. The Kier molecular flexibility index (Phi) is 3.74. The second-order valence-corrected chi connectivity index (χ2v) is 7.44. The molecule has 1 unspecified atom stereocenters. The molecule has 136 valence electrons. The van der Waals surface area contributed by atoms with Gasteiger partial charge >= 0.3 is 0 Å². The topological polar surface area (TPSA) is 62.2 Å². The summed E-state index contributed by atoms with van der Waals surface area (Å²) in [6.45, 7) is 0.835. The lowest BCUT2D eigenvalue weighted by molar-refractivity contribution is -0.00453. The van der Waals surface area contributed by atoms with Gasteiger partial charge in [0.1, 0.15) is 17.7 Å². The zero-order valence-electron chi connectivity index (χ0n) is 14.8. The number of rotatable bonds is 2. The molecule has 2 aliphatic carbocycles. The molecule has 3 aliphatic rings. The van der Waals surface area contributed by atoms with Gasteiger partial charge in [-0.2, -0.15) is 0 Å². The molecule has 1 aliphatic heterocycles. The van der Waals surface area contributed by atoms with Gasteiger partial charge in [-0.3, -0.25) is 0 Å². The molecule has 0 saturated carbocycles. The van der Waals surface area contributed by atoms with Crippen molar-refractivity contribution in [3.05, 3.63) is 34.8 Å². The normalized spacial score (nSPS) is 34.0. The van der Waals surface area contributed by atoms with Crippen LogP contribution in [0, 0.1) is 11.7 Å². The number of aliphatic hydroxyl groups excluding tert-OH is 1. The minimum absolute atomic E-state index is 0.00775. The number of likely N-dealkylation sites (N-methyl/N-ethyl adjacent to an activating group) is 1. The number of aromatic hydroxyl groups is 1. The van der Waals surface area contributed by atoms with Crippen LogP contribution in [0.15, 0.2) is 17.9 Å². The van der Waals surface area contributed by atoms with Crippen LogP contribution in [0.4, 0.5) is 4.39 Å². The van der Waals surface area contributed by atoms with Gasteiger partial charge in [0.25, 0.3) is 0 Å². The zero-order chi connectivity index (χ0) is 17.9. The first-order chi connectivity index (χ1) is 11.9. The van der Waals surface area contributed by atoms with Crippen LogP contribution in [0.25, 0.3) is 0 Å². The van der Waals surface area contributed by atoms with E-state index in [2.05, 4.69) is 4.90 Å². The zero-order valence-corrected chi connectivity index (χ0v) is 14.8. The van der Waals surface area contributed by atoms with Crippen LogP contribution in [-0.2, 0) is 16.6 Å². The third-order valence-electron chi connectivity index (χ3n) is 6.44. The van der Waals surface area contributed by atoms with Crippen molar-refractivity contribution in [2.45, 2.75) is 36.8 Å². The van der Waals surface area contributed by atoms with Gasteiger partial charge in [-0.05, 0) is 44.5 Å². The third-order valence-corrected chi connectivity index (χ3v) is 6.44. The van der Waals surface area contributed by atoms with Crippen LogP contribution in [0.2, 0.25) is 0 Å². The van der Waals surface area contributed by atoms with Crippen molar-refractivity contribution in [2.75, 3.05) is 27.8 Å². The van der Waals surface area contributed by atoms with Gasteiger partial charge in [0.05, 0.1) is 14.2 Å². The predicted octanol–water partition coefficient (Wildman–Crippen LogP) is 1.95. The van der Waals surface area contributed by atoms with Crippen molar-refractivity contribution >= 4 is 0 Å². The fraction of sp³-hybridized carbons (Fsp3) is 0.579. The molecule has 0 radical (unpaired) electrons. The second kappa shape index (κ2) is 5.61. The van der Waals surface area contributed by atoms with Crippen molar-refractivity contribution in [1.82, 2.24) is 4.90 Å². The Hall–Kier alpha value is -1.79. The SMILES string of the molecule is COC1=CC2[C@@H]3Cc4c(F)cc(OC)c(O)c4[C@]2(CCN3C)C[C@@H]1O.